The van der Waals surface area contributed by atoms with E-state index in [-0.39, 0.29) is 12.6 Å². The predicted octanol–water partition coefficient (Wildman–Crippen LogP) is 8.74. The number of nitrogens with zero attached hydrogens (tertiary/aromatic N) is 2. The first-order valence-electron chi connectivity index (χ1n) is 13.6. The summed E-state index contributed by atoms with van der Waals surface area (Å²) in [6.07, 6.45) is 6.47. The topological polar surface area (TPSA) is 42.0 Å². The third-order valence-corrected chi connectivity index (χ3v) is 6.96. The van der Waals surface area contributed by atoms with Crippen LogP contribution in [0, 0.1) is 0 Å². The van der Waals surface area contributed by atoms with Crippen LogP contribution in [0.15, 0.2) is 72.8 Å². The second-order valence-electron chi connectivity index (χ2n) is 8.89. The fraction of sp³-hybridized carbons (Fsp3) is 0.344. The number of hydrogen-bond acceptors (Lipinski definition) is 4. The van der Waals surface area contributed by atoms with Crippen LogP contribution < -0.4 is 14.4 Å². The van der Waals surface area contributed by atoms with E-state index in [9.17, 15) is 4.79 Å². The Morgan fingerprint density at radius 2 is 1.54 bits per heavy atom. The van der Waals surface area contributed by atoms with E-state index in [0.717, 1.165) is 30.8 Å². The Hall–Kier alpha value is -2.99. The molecule has 0 bridgehead atoms. The van der Waals surface area contributed by atoms with E-state index in [1.165, 1.54) is 17.7 Å². The van der Waals surface area contributed by atoms with Gasteiger partial charge in [-0.25, -0.2) is 0 Å². The minimum absolute atomic E-state index is 0.0753. The van der Waals surface area contributed by atoms with Crippen LogP contribution in [-0.4, -0.2) is 43.8 Å². The van der Waals surface area contributed by atoms with Gasteiger partial charge in [-0.2, -0.15) is 0 Å². The van der Waals surface area contributed by atoms with Crippen molar-refractivity contribution in [3.63, 3.8) is 0 Å². The highest BCUT2D eigenvalue weighted by atomic mass is 35.5. The van der Waals surface area contributed by atoms with Crippen molar-refractivity contribution >= 4 is 34.8 Å². The normalized spacial score (nSPS) is 14.6. The maximum Gasteiger partial charge on any atom is 0.264 e. The zero-order valence-corrected chi connectivity index (χ0v) is 24.8. The number of anilines is 1. The molecule has 0 unspecified atom stereocenters. The lowest BCUT2D eigenvalue weighted by Gasteiger charge is -2.29. The van der Waals surface area contributed by atoms with Crippen LogP contribution in [-0.2, 0) is 0 Å². The molecular formula is C32H38Cl2N2O3. The van der Waals surface area contributed by atoms with Crippen LogP contribution in [0.1, 0.15) is 50.9 Å². The van der Waals surface area contributed by atoms with Crippen molar-refractivity contribution in [2.24, 2.45) is 0 Å². The average molecular weight is 570 g/mol. The Balaban J connectivity index is 0.000000644. The summed E-state index contributed by atoms with van der Waals surface area (Å²) in [4.78, 5) is 17.1. The standard InChI is InChI=1S/C26H24Cl2N2O3.C4H8.C2H6/c27-22-15-20(16-23(28)25(22)32-13-12-29-10-4-5-11-29)30-17-33-24-14-19(8-9-21(24)26(30)31)18-6-2-1-3-7-18;1-3-4-2;1-2/h1-3,6-9,14-16H,4-5,10-13,17H2;3-4H,1-2H3;1-2H3/b;4-3-;. The van der Waals surface area contributed by atoms with Gasteiger partial charge >= 0.3 is 0 Å². The van der Waals surface area contributed by atoms with Gasteiger partial charge in [-0.1, -0.05) is 85.6 Å². The SMILES string of the molecule is C/C=C\C.CC.O=C1c2ccc(-c3ccccc3)cc2OCN1c1cc(Cl)c(OCCN2CCCC2)c(Cl)c1. The van der Waals surface area contributed by atoms with E-state index in [2.05, 4.69) is 4.90 Å². The molecule has 3 aromatic carbocycles. The molecule has 0 aromatic heterocycles. The fourth-order valence-electron chi connectivity index (χ4n) is 4.28. The Morgan fingerprint density at radius 1 is 0.897 bits per heavy atom. The number of carbonyl (C=O) groups is 1. The number of amides is 1. The molecule has 2 aliphatic heterocycles. The van der Waals surface area contributed by atoms with Crippen molar-refractivity contribution in [1.82, 2.24) is 4.90 Å². The molecule has 0 N–H and O–H groups in total. The van der Waals surface area contributed by atoms with Crippen molar-refractivity contribution in [3.05, 3.63) is 88.4 Å². The van der Waals surface area contributed by atoms with E-state index in [1.54, 1.807) is 18.2 Å². The Morgan fingerprint density at radius 3 is 2.15 bits per heavy atom. The zero-order valence-electron chi connectivity index (χ0n) is 23.3. The van der Waals surface area contributed by atoms with Gasteiger partial charge in [-0.3, -0.25) is 14.6 Å². The molecular weight excluding hydrogens is 531 g/mol. The van der Waals surface area contributed by atoms with Gasteiger partial charge in [0.2, 0.25) is 0 Å². The van der Waals surface area contributed by atoms with E-state index >= 15 is 0 Å². The average Bonchev–Trinajstić information content (AvgIpc) is 3.50. The lowest BCUT2D eigenvalue weighted by atomic mass is 10.0. The molecule has 0 radical (unpaired) electrons. The summed E-state index contributed by atoms with van der Waals surface area (Å²) in [6.45, 7) is 11.6. The van der Waals surface area contributed by atoms with Gasteiger partial charge in [0, 0.05) is 6.54 Å². The van der Waals surface area contributed by atoms with Crippen LogP contribution in [0.3, 0.4) is 0 Å². The maximum atomic E-state index is 13.2. The molecule has 1 fully saturated rings. The number of fused-ring (bicyclic) bond motifs is 1. The zero-order chi connectivity index (χ0) is 28.2. The van der Waals surface area contributed by atoms with Crippen LogP contribution in [0.2, 0.25) is 10.0 Å². The summed E-state index contributed by atoms with van der Waals surface area (Å²) in [5.74, 6) is 0.849. The van der Waals surface area contributed by atoms with Crippen LogP contribution >= 0.6 is 23.2 Å². The summed E-state index contributed by atoms with van der Waals surface area (Å²) >= 11 is 13.0. The number of allylic oxidation sites excluding steroid dienone is 2. The lowest BCUT2D eigenvalue weighted by molar-refractivity contribution is 0.0937. The lowest BCUT2D eigenvalue weighted by Crippen LogP contribution is -2.38. The van der Waals surface area contributed by atoms with Crippen molar-refractivity contribution in [2.75, 3.05) is 37.9 Å². The van der Waals surface area contributed by atoms with Crippen molar-refractivity contribution in [3.8, 4) is 22.6 Å². The molecule has 39 heavy (non-hydrogen) atoms. The molecule has 7 heteroatoms. The third kappa shape index (κ3) is 8.01. The quantitative estimate of drug-likeness (QED) is 0.279. The number of hydrogen-bond donors (Lipinski definition) is 0. The number of carbonyl (C=O) groups excluding carboxylic acids is 1. The smallest absolute Gasteiger partial charge is 0.264 e. The predicted molar refractivity (Wildman–Crippen MR) is 164 cm³/mol. The van der Waals surface area contributed by atoms with E-state index in [4.69, 9.17) is 32.7 Å². The largest absolute Gasteiger partial charge is 0.489 e. The van der Waals surface area contributed by atoms with Gasteiger partial charge in [0.1, 0.15) is 12.4 Å². The number of ether oxygens (including phenoxy) is 2. The number of halogens is 2. The molecule has 1 amide bonds. The Kier molecular flexibility index (Phi) is 12.2. The number of benzene rings is 3. The molecule has 0 spiro atoms. The van der Waals surface area contributed by atoms with Gasteiger partial charge in [0.05, 0.1) is 21.3 Å². The Labute approximate surface area is 242 Å². The molecule has 3 aromatic rings. The molecule has 0 aliphatic carbocycles. The molecule has 5 nitrogen and oxygen atoms in total. The number of rotatable bonds is 6. The first-order valence-corrected chi connectivity index (χ1v) is 14.3. The Bertz CT molecular complexity index is 1210. The monoisotopic (exact) mass is 568 g/mol. The summed E-state index contributed by atoms with van der Waals surface area (Å²) < 4.78 is 11.8. The summed E-state index contributed by atoms with van der Waals surface area (Å²) in [5.41, 5.74) is 3.13. The molecule has 1 saturated heterocycles. The summed E-state index contributed by atoms with van der Waals surface area (Å²) in [5, 5.41) is 0.744. The van der Waals surface area contributed by atoms with Crippen LogP contribution in [0.25, 0.3) is 11.1 Å². The highest BCUT2D eigenvalue weighted by Gasteiger charge is 2.28. The van der Waals surface area contributed by atoms with Crippen molar-refractivity contribution in [2.45, 2.75) is 40.5 Å². The second kappa shape index (κ2) is 15.6. The minimum Gasteiger partial charge on any atom is -0.489 e. The van der Waals surface area contributed by atoms with Crippen LogP contribution in [0.5, 0.6) is 11.5 Å². The van der Waals surface area contributed by atoms with Crippen LogP contribution in [0.4, 0.5) is 5.69 Å². The van der Waals surface area contributed by atoms with E-state index in [0.29, 0.717) is 39.4 Å². The van der Waals surface area contributed by atoms with Crippen molar-refractivity contribution in [1.29, 1.82) is 0 Å². The highest BCUT2D eigenvalue weighted by Crippen LogP contribution is 2.39. The van der Waals surface area contributed by atoms with Crippen molar-refractivity contribution < 1.29 is 14.3 Å². The molecule has 5 rings (SSSR count). The second-order valence-corrected chi connectivity index (χ2v) is 9.70. The highest BCUT2D eigenvalue weighted by molar-refractivity contribution is 6.37. The summed E-state index contributed by atoms with van der Waals surface area (Å²) in [7, 11) is 0. The number of likely N-dealkylation sites (tertiary alicyclic amines) is 1. The fourth-order valence-corrected chi connectivity index (χ4v) is 4.87. The molecule has 0 saturated carbocycles. The van der Waals surface area contributed by atoms with Gasteiger partial charge in [-0.15, -0.1) is 0 Å². The maximum absolute atomic E-state index is 13.2. The molecule has 2 heterocycles. The third-order valence-electron chi connectivity index (χ3n) is 6.39. The van der Waals surface area contributed by atoms with Gasteiger partial charge in [-0.05, 0) is 75.2 Å². The van der Waals surface area contributed by atoms with E-state index < -0.39 is 0 Å². The molecule has 0 atom stereocenters. The minimum atomic E-state index is -0.161. The van der Waals surface area contributed by atoms with Gasteiger partial charge < -0.3 is 9.47 Å². The molecule has 2 aliphatic rings. The first kappa shape index (κ1) is 30.6. The van der Waals surface area contributed by atoms with Gasteiger partial charge in [0.25, 0.3) is 5.91 Å². The van der Waals surface area contributed by atoms with E-state index in [1.807, 2.05) is 82.3 Å². The first-order chi connectivity index (χ1) is 19.0. The van der Waals surface area contributed by atoms with Gasteiger partial charge in [0.15, 0.2) is 12.5 Å². The molecule has 208 valence electrons. The summed E-state index contributed by atoms with van der Waals surface area (Å²) in [6, 6.07) is 19.0.